The van der Waals surface area contributed by atoms with Crippen molar-refractivity contribution >= 4 is 21.7 Å². The number of ether oxygens (including phenoxy) is 1. The lowest BCUT2D eigenvalue weighted by Crippen LogP contribution is -2.00. The Labute approximate surface area is 91.4 Å². The largest absolute Gasteiger partial charge is 0.496 e. The van der Waals surface area contributed by atoms with E-state index in [-0.39, 0.29) is 12.2 Å². The predicted octanol–water partition coefficient (Wildman–Crippen LogP) is 2.66. The highest BCUT2D eigenvalue weighted by Gasteiger charge is 2.11. The summed E-state index contributed by atoms with van der Waals surface area (Å²) in [6.07, 6.45) is 5.16. The fourth-order valence-corrected chi connectivity index (χ4v) is 1.45. The average Bonchev–Trinajstić information content (AvgIpc) is 2.18. The molecular weight excluding hydrogens is 244 g/mol. The van der Waals surface area contributed by atoms with E-state index in [1.54, 1.807) is 12.1 Å². The lowest BCUT2D eigenvalue weighted by Gasteiger charge is -2.06. The van der Waals surface area contributed by atoms with Gasteiger partial charge in [-0.1, -0.05) is 21.9 Å². The minimum atomic E-state index is -0.106. The van der Waals surface area contributed by atoms with Crippen LogP contribution in [-0.2, 0) is 0 Å². The Balaban J connectivity index is 3.11. The van der Waals surface area contributed by atoms with E-state index >= 15 is 0 Å². The molecule has 3 heteroatoms. The van der Waals surface area contributed by atoms with Gasteiger partial charge in [0.1, 0.15) is 5.75 Å². The van der Waals surface area contributed by atoms with E-state index in [0.29, 0.717) is 11.3 Å². The van der Waals surface area contributed by atoms with Crippen molar-refractivity contribution in [2.45, 2.75) is 6.42 Å². The summed E-state index contributed by atoms with van der Waals surface area (Å²) in [5.74, 6) is 2.76. The van der Waals surface area contributed by atoms with E-state index in [9.17, 15) is 4.79 Å². The molecule has 1 aromatic rings. The highest BCUT2D eigenvalue weighted by atomic mass is 79.9. The third kappa shape index (κ3) is 2.36. The van der Waals surface area contributed by atoms with Crippen LogP contribution in [0.25, 0.3) is 0 Å². The molecule has 72 valence electrons. The van der Waals surface area contributed by atoms with Gasteiger partial charge in [0.15, 0.2) is 5.78 Å². The van der Waals surface area contributed by atoms with Crippen molar-refractivity contribution in [1.29, 1.82) is 0 Å². The van der Waals surface area contributed by atoms with Crippen LogP contribution in [0.2, 0.25) is 0 Å². The van der Waals surface area contributed by atoms with Gasteiger partial charge in [-0.2, -0.15) is 0 Å². The lowest BCUT2D eigenvalue weighted by atomic mass is 10.1. The van der Waals surface area contributed by atoms with E-state index in [1.165, 1.54) is 7.11 Å². The Morgan fingerprint density at radius 1 is 1.64 bits per heavy atom. The Kier molecular flexibility index (Phi) is 3.73. The van der Waals surface area contributed by atoms with Crippen molar-refractivity contribution in [3.8, 4) is 18.1 Å². The zero-order valence-electron chi connectivity index (χ0n) is 7.71. The molecule has 0 saturated heterocycles. The summed E-state index contributed by atoms with van der Waals surface area (Å²) in [5.41, 5.74) is 0.514. The SMILES string of the molecule is C#CCC(=O)c1cc(Br)ccc1OC. The number of carbonyl (C=O) groups excluding carboxylic acids is 1. The van der Waals surface area contributed by atoms with Gasteiger partial charge in [0.2, 0.25) is 0 Å². The third-order valence-electron chi connectivity index (χ3n) is 1.72. The maximum atomic E-state index is 11.5. The standard InChI is InChI=1S/C11H9BrO2/c1-3-4-10(13)9-7-8(12)5-6-11(9)14-2/h1,5-7H,4H2,2H3. The van der Waals surface area contributed by atoms with Crippen LogP contribution in [0, 0.1) is 12.3 Å². The maximum Gasteiger partial charge on any atom is 0.178 e. The zero-order chi connectivity index (χ0) is 10.6. The van der Waals surface area contributed by atoms with E-state index in [1.807, 2.05) is 6.07 Å². The molecule has 0 aliphatic heterocycles. The molecule has 1 rings (SSSR count). The normalized spacial score (nSPS) is 9.21. The molecule has 0 aromatic heterocycles. The molecule has 0 radical (unpaired) electrons. The van der Waals surface area contributed by atoms with Crippen molar-refractivity contribution in [2.75, 3.05) is 7.11 Å². The van der Waals surface area contributed by atoms with Gasteiger partial charge in [0.05, 0.1) is 19.1 Å². The summed E-state index contributed by atoms with van der Waals surface area (Å²) in [5, 5.41) is 0. The molecule has 0 fully saturated rings. The molecule has 0 N–H and O–H groups in total. The number of carbonyl (C=O) groups is 1. The number of benzene rings is 1. The second-order valence-corrected chi connectivity index (χ2v) is 3.56. The van der Waals surface area contributed by atoms with Crippen LogP contribution in [0.1, 0.15) is 16.8 Å². The van der Waals surface area contributed by atoms with Gasteiger partial charge in [0.25, 0.3) is 0 Å². The third-order valence-corrected chi connectivity index (χ3v) is 2.22. The molecule has 0 bridgehead atoms. The van der Waals surface area contributed by atoms with Gasteiger partial charge in [-0.3, -0.25) is 4.79 Å². The Morgan fingerprint density at radius 3 is 2.93 bits per heavy atom. The maximum absolute atomic E-state index is 11.5. The number of terminal acetylenes is 1. The summed E-state index contributed by atoms with van der Waals surface area (Å²) in [4.78, 5) is 11.5. The fraction of sp³-hybridized carbons (Fsp3) is 0.182. The minimum absolute atomic E-state index is 0.0901. The first-order valence-electron chi connectivity index (χ1n) is 3.99. The van der Waals surface area contributed by atoms with E-state index in [2.05, 4.69) is 21.9 Å². The summed E-state index contributed by atoms with van der Waals surface area (Å²) in [7, 11) is 1.52. The fourth-order valence-electron chi connectivity index (χ4n) is 1.09. The van der Waals surface area contributed by atoms with Crippen molar-refractivity contribution in [3.05, 3.63) is 28.2 Å². The highest BCUT2D eigenvalue weighted by Crippen LogP contribution is 2.23. The molecule has 0 heterocycles. The molecule has 0 saturated carbocycles. The van der Waals surface area contributed by atoms with Crippen molar-refractivity contribution in [2.24, 2.45) is 0 Å². The van der Waals surface area contributed by atoms with Crippen LogP contribution in [0.5, 0.6) is 5.75 Å². The predicted molar refractivity (Wildman–Crippen MR) is 58.5 cm³/mol. The monoisotopic (exact) mass is 252 g/mol. The Morgan fingerprint density at radius 2 is 2.36 bits per heavy atom. The first kappa shape index (κ1) is 10.8. The first-order chi connectivity index (χ1) is 6.69. The van der Waals surface area contributed by atoms with Gasteiger partial charge >= 0.3 is 0 Å². The van der Waals surface area contributed by atoms with Gasteiger partial charge in [-0.25, -0.2) is 0 Å². The topological polar surface area (TPSA) is 26.3 Å². The number of methoxy groups -OCH3 is 1. The highest BCUT2D eigenvalue weighted by molar-refractivity contribution is 9.10. The Hall–Kier alpha value is -1.27. The molecule has 1 aromatic carbocycles. The molecule has 0 amide bonds. The molecule has 0 aliphatic carbocycles. The van der Waals surface area contributed by atoms with Crippen LogP contribution in [0.3, 0.4) is 0 Å². The van der Waals surface area contributed by atoms with Crippen LogP contribution < -0.4 is 4.74 Å². The summed E-state index contributed by atoms with van der Waals surface area (Å²) in [6.45, 7) is 0. The minimum Gasteiger partial charge on any atom is -0.496 e. The van der Waals surface area contributed by atoms with E-state index in [4.69, 9.17) is 11.2 Å². The van der Waals surface area contributed by atoms with Crippen LogP contribution in [0.4, 0.5) is 0 Å². The molecule has 0 unspecified atom stereocenters. The Bertz CT molecular complexity index is 391. The zero-order valence-corrected chi connectivity index (χ0v) is 9.30. The number of halogens is 1. The van der Waals surface area contributed by atoms with E-state index < -0.39 is 0 Å². The van der Waals surface area contributed by atoms with Crippen LogP contribution in [-0.4, -0.2) is 12.9 Å². The summed E-state index contributed by atoms with van der Waals surface area (Å²) < 4.78 is 5.89. The average molecular weight is 253 g/mol. The van der Waals surface area contributed by atoms with E-state index in [0.717, 1.165) is 4.47 Å². The van der Waals surface area contributed by atoms with Crippen molar-refractivity contribution in [3.63, 3.8) is 0 Å². The number of hydrogen-bond donors (Lipinski definition) is 0. The van der Waals surface area contributed by atoms with Crippen molar-refractivity contribution < 1.29 is 9.53 Å². The first-order valence-corrected chi connectivity index (χ1v) is 4.78. The molecule has 0 atom stereocenters. The smallest absolute Gasteiger partial charge is 0.178 e. The number of ketones is 1. The summed E-state index contributed by atoms with van der Waals surface area (Å²) >= 11 is 3.29. The van der Waals surface area contributed by atoms with Gasteiger partial charge in [0, 0.05) is 4.47 Å². The van der Waals surface area contributed by atoms with Gasteiger partial charge in [-0.05, 0) is 18.2 Å². The van der Waals surface area contributed by atoms with Crippen LogP contribution >= 0.6 is 15.9 Å². The number of Topliss-reactive ketones (excluding diaryl/α,β-unsaturated/α-hetero) is 1. The van der Waals surface area contributed by atoms with Gasteiger partial charge < -0.3 is 4.74 Å². The number of rotatable bonds is 3. The molecule has 0 spiro atoms. The second-order valence-electron chi connectivity index (χ2n) is 2.65. The molecule has 2 nitrogen and oxygen atoms in total. The van der Waals surface area contributed by atoms with Crippen molar-refractivity contribution in [1.82, 2.24) is 0 Å². The second kappa shape index (κ2) is 4.83. The quantitative estimate of drug-likeness (QED) is 0.611. The van der Waals surface area contributed by atoms with Gasteiger partial charge in [-0.15, -0.1) is 6.42 Å². The molecule has 0 aliphatic rings. The molecular formula is C11H9BrO2. The van der Waals surface area contributed by atoms with Crippen LogP contribution in [0.15, 0.2) is 22.7 Å². The summed E-state index contributed by atoms with van der Waals surface area (Å²) in [6, 6.07) is 5.25. The lowest BCUT2D eigenvalue weighted by molar-refractivity contribution is 0.0995. The molecule has 14 heavy (non-hydrogen) atoms. The number of hydrogen-bond acceptors (Lipinski definition) is 2.